The molecule has 0 aromatic heterocycles. The monoisotopic (exact) mass is 424 g/mol. The fourth-order valence-corrected chi connectivity index (χ4v) is 3.42. The van der Waals surface area contributed by atoms with E-state index >= 15 is 0 Å². The van der Waals surface area contributed by atoms with Gasteiger partial charge in [0.2, 0.25) is 5.82 Å². The number of aryl methyl sites for hydroxylation is 1. The lowest BCUT2D eigenvalue weighted by Crippen LogP contribution is -1.98. The fraction of sp³-hybridized carbons (Fsp3) is 0.259. The van der Waals surface area contributed by atoms with E-state index < -0.39 is 11.6 Å². The Hall–Kier alpha value is -3.01. The predicted octanol–water partition coefficient (Wildman–Crippen LogP) is 8.07. The zero-order valence-corrected chi connectivity index (χ0v) is 17.9. The van der Waals surface area contributed by atoms with Crippen molar-refractivity contribution in [2.45, 2.75) is 39.5 Å². The number of benzene rings is 3. The molecule has 0 fully saturated rings. The lowest BCUT2D eigenvalue weighted by atomic mass is 10.0. The van der Waals surface area contributed by atoms with Crippen LogP contribution in [0.4, 0.5) is 13.2 Å². The van der Waals surface area contributed by atoms with Crippen molar-refractivity contribution in [3.63, 3.8) is 0 Å². The second kappa shape index (κ2) is 10.9. The predicted molar refractivity (Wildman–Crippen MR) is 122 cm³/mol. The van der Waals surface area contributed by atoms with E-state index in [2.05, 4.69) is 6.92 Å². The molecule has 0 radical (unpaired) electrons. The van der Waals surface area contributed by atoms with Gasteiger partial charge >= 0.3 is 0 Å². The summed E-state index contributed by atoms with van der Waals surface area (Å²) >= 11 is 0. The Morgan fingerprint density at radius 3 is 2.26 bits per heavy atom. The van der Waals surface area contributed by atoms with Crippen LogP contribution in [0.1, 0.15) is 49.8 Å². The van der Waals surface area contributed by atoms with Crippen LogP contribution in [0.25, 0.3) is 23.3 Å². The van der Waals surface area contributed by atoms with Crippen LogP contribution < -0.4 is 4.74 Å². The molecule has 0 saturated carbocycles. The van der Waals surface area contributed by atoms with Crippen LogP contribution in [-0.4, -0.2) is 6.61 Å². The van der Waals surface area contributed by atoms with Crippen LogP contribution in [0.2, 0.25) is 0 Å². The fourth-order valence-electron chi connectivity index (χ4n) is 3.42. The zero-order chi connectivity index (χ0) is 22.2. The first-order chi connectivity index (χ1) is 15.0. The molecule has 0 bridgehead atoms. The van der Waals surface area contributed by atoms with Gasteiger partial charge in [-0.25, -0.2) is 8.78 Å². The van der Waals surface area contributed by atoms with E-state index in [4.69, 9.17) is 4.74 Å². The van der Waals surface area contributed by atoms with E-state index in [-0.39, 0.29) is 23.7 Å². The van der Waals surface area contributed by atoms with Gasteiger partial charge in [-0.3, -0.25) is 0 Å². The van der Waals surface area contributed by atoms with Crippen molar-refractivity contribution < 1.29 is 17.9 Å². The lowest BCUT2D eigenvalue weighted by Gasteiger charge is -2.09. The number of rotatable bonds is 9. The lowest BCUT2D eigenvalue weighted by molar-refractivity contribution is 0.314. The minimum atomic E-state index is -0.989. The summed E-state index contributed by atoms with van der Waals surface area (Å²) in [6.07, 6.45) is 7.76. The molecule has 0 aliphatic rings. The van der Waals surface area contributed by atoms with E-state index in [1.54, 1.807) is 55.5 Å². The minimum Gasteiger partial charge on any atom is -0.491 e. The SMILES string of the molecule is CCCCCc1ccc(C=Cc2ccc(-c3ccc(OCC)c(F)c3F)cc2)c(F)c1. The highest BCUT2D eigenvalue weighted by molar-refractivity contribution is 5.72. The Bertz CT molecular complexity index is 1040. The third-order valence-electron chi connectivity index (χ3n) is 5.16. The number of hydrogen-bond acceptors (Lipinski definition) is 1. The first-order valence-electron chi connectivity index (χ1n) is 10.7. The van der Waals surface area contributed by atoms with Gasteiger partial charge in [-0.2, -0.15) is 4.39 Å². The molecule has 162 valence electrons. The molecule has 0 saturated heterocycles. The zero-order valence-electron chi connectivity index (χ0n) is 17.9. The average Bonchev–Trinajstić information content (AvgIpc) is 2.77. The van der Waals surface area contributed by atoms with Crippen LogP contribution in [0.15, 0.2) is 54.6 Å². The highest BCUT2D eigenvalue weighted by Gasteiger charge is 2.15. The topological polar surface area (TPSA) is 9.23 Å². The largest absolute Gasteiger partial charge is 0.491 e. The molecule has 1 nitrogen and oxygen atoms in total. The molecule has 31 heavy (non-hydrogen) atoms. The Kier molecular flexibility index (Phi) is 7.94. The summed E-state index contributed by atoms with van der Waals surface area (Å²) in [4.78, 5) is 0. The smallest absolute Gasteiger partial charge is 0.201 e. The Balaban J connectivity index is 1.72. The average molecular weight is 425 g/mol. The molecule has 0 aliphatic carbocycles. The van der Waals surface area contributed by atoms with Gasteiger partial charge < -0.3 is 4.74 Å². The molecule has 3 rings (SSSR count). The van der Waals surface area contributed by atoms with Crippen LogP contribution in [0.5, 0.6) is 5.75 Å². The van der Waals surface area contributed by atoms with Gasteiger partial charge in [0.05, 0.1) is 6.61 Å². The highest BCUT2D eigenvalue weighted by Crippen LogP contribution is 2.30. The maximum atomic E-state index is 14.4. The summed E-state index contributed by atoms with van der Waals surface area (Å²) < 4.78 is 48.0. The van der Waals surface area contributed by atoms with E-state index in [9.17, 15) is 13.2 Å². The van der Waals surface area contributed by atoms with Gasteiger partial charge in [0, 0.05) is 11.1 Å². The van der Waals surface area contributed by atoms with Crippen molar-refractivity contribution in [3.8, 4) is 16.9 Å². The molecule has 0 spiro atoms. The van der Waals surface area contributed by atoms with E-state index in [1.807, 2.05) is 6.07 Å². The van der Waals surface area contributed by atoms with Crippen molar-refractivity contribution in [2.75, 3.05) is 6.61 Å². The van der Waals surface area contributed by atoms with Crippen LogP contribution >= 0.6 is 0 Å². The van der Waals surface area contributed by atoms with E-state index in [0.717, 1.165) is 36.8 Å². The van der Waals surface area contributed by atoms with Gasteiger partial charge in [0.25, 0.3) is 0 Å². The summed E-state index contributed by atoms with van der Waals surface area (Å²) in [7, 11) is 0. The molecule has 4 heteroatoms. The standard InChI is InChI=1S/C27H27F3O/c1-3-5-6-7-20-11-15-22(24(28)18-20)14-10-19-8-12-21(13-9-19)23-16-17-25(31-4-2)27(30)26(23)29/h8-18H,3-7H2,1-2H3. The van der Waals surface area contributed by atoms with Crippen molar-refractivity contribution in [1.29, 1.82) is 0 Å². The number of ether oxygens (including phenoxy) is 1. The van der Waals surface area contributed by atoms with Crippen LogP contribution in [0, 0.1) is 17.5 Å². The molecule has 3 aromatic carbocycles. The Morgan fingerprint density at radius 2 is 1.58 bits per heavy atom. The quantitative estimate of drug-likeness (QED) is 0.249. The number of hydrogen-bond donors (Lipinski definition) is 0. The summed E-state index contributed by atoms with van der Waals surface area (Å²) in [6.45, 7) is 4.12. The van der Waals surface area contributed by atoms with E-state index in [0.29, 0.717) is 11.1 Å². The third kappa shape index (κ3) is 5.78. The van der Waals surface area contributed by atoms with Gasteiger partial charge in [-0.15, -0.1) is 0 Å². The molecular weight excluding hydrogens is 397 g/mol. The molecule has 0 amide bonds. The summed E-state index contributed by atoms with van der Waals surface area (Å²) in [5.74, 6) is -2.26. The molecule has 0 aliphatic heterocycles. The summed E-state index contributed by atoms with van der Waals surface area (Å²) in [5, 5.41) is 0. The first kappa shape index (κ1) is 22.7. The van der Waals surface area contributed by atoms with Gasteiger partial charge in [-0.05, 0) is 54.7 Å². The van der Waals surface area contributed by atoms with Gasteiger partial charge in [0.1, 0.15) is 5.82 Å². The van der Waals surface area contributed by atoms with Crippen molar-refractivity contribution in [2.24, 2.45) is 0 Å². The maximum Gasteiger partial charge on any atom is 0.201 e. The van der Waals surface area contributed by atoms with Crippen LogP contribution in [0.3, 0.4) is 0 Å². The Labute approximate surface area is 182 Å². The highest BCUT2D eigenvalue weighted by atomic mass is 19.2. The molecule has 0 heterocycles. The summed E-state index contributed by atoms with van der Waals surface area (Å²) in [5.41, 5.74) is 3.09. The molecular formula is C27H27F3O. The van der Waals surface area contributed by atoms with E-state index in [1.165, 1.54) is 12.1 Å². The molecule has 0 N–H and O–H groups in total. The van der Waals surface area contributed by atoms with Crippen molar-refractivity contribution >= 4 is 12.2 Å². The van der Waals surface area contributed by atoms with Gasteiger partial charge in [0.15, 0.2) is 11.6 Å². The minimum absolute atomic E-state index is 0.0956. The molecule has 0 atom stereocenters. The van der Waals surface area contributed by atoms with Crippen LogP contribution in [-0.2, 0) is 6.42 Å². The second-order valence-corrected chi connectivity index (χ2v) is 7.44. The van der Waals surface area contributed by atoms with Crippen molar-refractivity contribution in [3.05, 3.63) is 88.7 Å². The Morgan fingerprint density at radius 1 is 0.806 bits per heavy atom. The second-order valence-electron chi connectivity index (χ2n) is 7.44. The third-order valence-corrected chi connectivity index (χ3v) is 5.16. The normalized spacial score (nSPS) is 11.3. The molecule has 3 aromatic rings. The molecule has 0 unspecified atom stereocenters. The van der Waals surface area contributed by atoms with Crippen molar-refractivity contribution in [1.82, 2.24) is 0 Å². The number of halogens is 3. The van der Waals surface area contributed by atoms with Gasteiger partial charge in [-0.1, -0.05) is 68.3 Å². The maximum absolute atomic E-state index is 14.4. The number of unbranched alkanes of at least 4 members (excludes halogenated alkanes) is 2. The summed E-state index contributed by atoms with van der Waals surface area (Å²) in [6, 6.07) is 15.3. The first-order valence-corrected chi connectivity index (χ1v) is 10.7.